The molecule has 0 spiro atoms. The topological polar surface area (TPSA) is 147 Å². The molecule has 10 nitrogen and oxygen atoms in total. The van der Waals surface area contributed by atoms with Gasteiger partial charge in [0, 0.05) is 23.7 Å². The molecule has 1 aliphatic rings. The molecule has 0 unspecified atom stereocenters. The van der Waals surface area contributed by atoms with Crippen LogP contribution >= 0.6 is 0 Å². The van der Waals surface area contributed by atoms with E-state index in [1.165, 1.54) is 0 Å². The van der Waals surface area contributed by atoms with Crippen LogP contribution < -0.4 is 21.7 Å². The van der Waals surface area contributed by atoms with Crippen LogP contribution in [0.2, 0.25) is 0 Å². The predicted octanol–water partition coefficient (Wildman–Crippen LogP) is 3.67. The third-order valence-electron chi connectivity index (χ3n) is 6.30. The number of carbonyl (C=O) groups is 2. The lowest BCUT2D eigenvalue weighted by molar-refractivity contribution is 0.1000. The quantitative estimate of drug-likeness (QED) is 0.321. The van der Waals surface area contributed by atoms with E-state index in [-0.39, 0.29) is 29.2 Å². The summed E-state index contributed by atoms with van der Waals surface area (Å²) < 4.78 is 16.8. The molecule has 34 heavy (non-hydrogen) atoms. The number of aromatic nitrogens is 3. The summed E-state index contributed by atoms with van der Waals surface area (Å²) in [4.78, 5) is 27.5. The summed E-state index contributed by atoms with van der Waals surface area (Å²) in [6, 6.07) is 5.76. The number of primary amides is 1. The Kier molecular flexibility index (Phi) is 6.53. The van der Waals surface area contributed by atoms with E-state index >= 15 is 0 Å². The molecule has 3 aromatic rings. The van der Waals surface area contributed by atoms with Gasteiger partial charge in [-0.1, -0.05) is 6.42 Å². The average Bonchev–Trinajstić information content (AvgIpc) is 3.15. The maximum Gasteiger partial charge on any atom is 0.404 e. The van der Waals surface area contributed by atoms with Gasteiger partial charge in [0.05, 0.1) is 23.3 Å². The molecular weight excluding hydrogens is 441 g/mol. The first-order valence-electron chi connectivity index (χ1n) is 11.3. The standard InChI is InChI=1S/C23H28FN7O3/c1-3-31-18-8-7-15(9-14(18)11-26-31)28-21-16(20(25)32)10-17(24)22(30-21)29-19(13-5-4-6-13)12(2)27-23(33)34/h7-13,19,27H,3-6H2,1-2H3,(H2,25,32)(H,33,34)(H2,28,29,30)/t12-,19-/m0/s1. The lowest BCUT2D eigenvalue weighted by Gasteiger charge is -2.38. The molecule has 0 saturated heterocycles. The summed E-state index contributed by atoms with van der Waals surface area (Å²) in [5.74, 6) is -1.37. The zero-order chi connectivity index (χ0) is 24.4. The second-order valence-corrected chi connectivity index (χ2v) is 8.54. The van der Waals surface area contributed by atoms with Crippen LogP contribution in [-0.2, 0) is 6.54 Å². The zero-order valence-electron chi connectivity index (χ0n) is 19.0. The highest BCUT2D eigenvalue weighted by molar-refractivity contribution is 5.99. The summed E-state index contributed by atoms with van der Waals surface area (Å²) >= 11 is 0. The normalized spacial score (nSPS) is 15.4. The number of aryl methyl sites for hydroxylation is 1. The van der Waals surface area contributed by atoms with Crippen molar-refractivity contribution in [2.45, 2.75) is 51.7 Å². The molecule has 4 rings (SSSR count). The van der Waals surface area contributed by atoms with E-state index in [4.69, 9.17) is 10.8 Å². The average molecular weight is 470 g/mol. The van der Waals surface area contributed by atoms with Crippen LogP contribution in [0, 0.1) is 11.7 Å². The second kappa shape index (κ2) is 9.54. The maximum absolute atomic E-state index is 14.9. The number of amides is 2. The molecule has 2 aromatic heterocycles. The first kappa shape index (κ1) is 23.3. The highest BCUT2D eigenvalue weighted by atomic mass is 19.1. The molecular formula is C23H28FN7O3. The Bertz CT molecular complexity index is 1220. The van der Waals surface area contributed by atoms with Gasteiger partial charge in [0.1, 0.15) is 5.82 Å². The van der Waals surface area contributed by atoms with Crippen LogP contribution in [0.15, 0.2) is 30.5 Å². The van der Waals surface area contributed by atoms with Crippen molar-refractivity contribution in [1.29, 1.82) is 0 Å². The van der Waals surface area contributed by atoms with Crippen molar-refractivity contribution in [3.63, 3.8) is 0 Å². The van der Waals surface area contributed by atoms with Crippen LogP contribution in [0.3, 0.4) is 0 Å². The lowest BCUT2D eigenvalue weighted by Crippen LogP contribution is -2.50. The monoisotopic (exact) mass is 469 g/mol. The van der Waals surface area contributed by atoms with Crippen LogP contribution in [0.5, 0.6) is 0 Å². The minimum atomic E-state index is -1.15. The summed E-state index contributed by atoms with van der Waals surface area (Å²) in [7, 11) is 0. The van der Waals surface area contributed by atoms with Gasteiger partial charge in [-0.15, -0.1) is 0 Å². The number of fused-ring (bicyclic) bond motifs is 1. The van der Waals surface area contributed by atoms with Crippen LogP contribution in [0.25, 0.3) is 10.9 Å². The number of halogens is 1. The van der Waals surface area contributed by atoms with E-state index in [9.17, 15) is 14.0 Å². The molecule has 1 fully saturated rings. The fraction of sp³-hybridized carbons (Fsp3) is 0.391. The van der Waals surface area contributed by atoms with E-state index in [0.717, 1.165) is 42.8 Å². The van der Waals surface area contributed by atoms with E-state index in [1.54, 1.807) is 13.1 Å². The first-order valence-corrected chi connectivity index (χ1v) is 11.3. The fourth-order valence-corrected chi connectivity index (χ4v) is 4.32. The van der Waals surface area contributed by atoms with Crippen molar-refractivity contribution in [2.75, 3.05) is 10.6 Å². The molecule has 11 heteroatoms. The summed E-state index contributed by atoms with van der Waals surface area (Å²) in [5.41, 5.74) is 6.99. The minimum Gasteiger partial charge on any atom is -0.465 e. The zero-order valence-corrected chi connectivity index (χ0v) is 19.0. The van der Waals surface area contributed by atoms with Gasteiger partial charge >= 0.3 is 6.09 Å². The second-order valence-electron chi connectivity index (χ2n) is 8.54. The number of nitrogens with one attached hydrogen (secondary N) is 3. The van der Waals surface area contributed by atoms with Crippen molar-refractivity contribution in [3.8, 4) is 0 Å². The Morgan fingerprint density at radius 3 is 2.68 bits per heavy atom. The molecule has 1 aliphatic carbocycles. The number of carboxylic acid groups (broad SMARTS) is 1. The predicted molar refractivity (Wildman–Crippen MR) is 127 cm³/mol. The number of anilines is 3. The number of nitrogens with two attached hydrogens (primary N) is 1. The van der Waals surface area contributed by atoms with Crippen molar-refractivity contribution in [3.05, 3.63) is 41.8 Å². The van der Waals surface area contributed by atoms with Crippen LogP contribution in [0.1, 0.15) is 43.5 Å². The Hall–Kier alpha value is -3.89. The Balaban J connectivity index is 1.66. The smallest absolute Gasteiger partial charge is 0.404 e. The Morgan fingerprint density at radius 1 is 1.29 bits per heavy atom. The molecule has 0 radical (unpaired) electrons. The number of nitrogens with zero attached hydrogens (tertiary/aromatic N) is 3. The highest BCUT2D eigenvalue weighted by Crippen LogP contribution is 2.34. The van der Waals surface area contributed by atoms with Crippen molar-refractivity contribution >= 4 is 40.2 Å². The number of hydrogen-bond acceptors (Lipinski definition) is 6. The summed E-state index contributed by atoms with van der Waals surface area (Å²) in [6.07, 6.45) is 3.43. The van der Waals surface area contributed by atoms with Gasteiger partial charge in [0.2, 0.25) is 0 Å². The third-order valence-corrected chi connectivity index (χ3v) is 6.30. The van der Waals surface area contributed by atoms with Crippen LogP contribution in [0.4, 0.5) is 26.5 Å². The van der Waals surface area contributed by atoms with E-state index < -0.39 is 23.9 Å². The molecule has 2 heterocycles. The van der Waals surface area contributed by atoms with Crippen molar-refractivity contribution < 1.29 is 19.1 Å². The van der Waals surface area contributed by atoms with Crippen molar-refractivity contribution in [1.82, 2.24) is 20.1 Å². The maximum atomic E-state index is 14.9. The fourth-order valence-electron chi connectivity index (χ4n) is 4.32. The van der Waals surface area contributed by atoms with Gasteiger partial charge in [-0.3, -0.25) is 9.48 Å². The highest BCUT2D eigenvalue weighted by Gasteiger charge is 2.33. The Labute approximate surface area is 195 Å². The number of pyridine rings is 1. The van der Waals surface area contributed by atoms with Gasteiger partial charge in [0.25, 0.3) is 5.91 Å². The number of hydrogen-bond donors (Lipinski definition) is 5. The number of carbonyl (C=O) groups excluding carboxylic acids is 1. The minimum absolute atomic E-state index is 0.0803. The van der Waals surface area contributed by atoms with Gasteiger partial charge < -0.3 is 26.8 Å². The van der Waals surface area contributed by atoms with E-state index in [2.05, 4.69) is 26.0 Å². The van der Waals surface area contributed by atoms with Crippen molar-refractivity contribution in [2.24, 2.45) is 11.7 Å². The Morgan fingerprint density at radius 2 is 2.06 bits per heavy atom. The number of rotatable bonds is 9. The summed E-state index contributed by atoms with van der Waals surface area (Å²) in [6.45, 7) is 4.46. The molecule has 6 N–H and O–H groups in total. The van der Waals surface area contributed by atoms with Gasteiger partial charge in [-0.05, 0) is 56.9 Å². The number of benzene rings is 1. The molecule has 0 bridgehead atoms. The van der Waals surface area contributed by atoms with Crippen LogP contribution in [-0.4, -0.2) is 44.0 Å². The van der Waals surface area contributed by atoms with E-state index in [0.29, 0.717) is 5.69 Å². The molecule has 2 amide bonds. The lowest BCUT2D eigenvalue weighted by atomic mass is 9.77. The largest absolute Gasteiger partial charge is 0.465 e. The molecule has 1 saturated carbocycles. The van der Waals surface area contributed by atoms with Gasteiger partial charge in [-0.2, -0.15) is 5.10 Å². The SMILES string of the molecule is CCn1ncc2cc(Nc3nc(N[C@H](C4CCC4)[C@H](C)NC(=O)O)c(F)cc3C(N)=O)ccc21. The molecule has 1 aromatic carbocycles. The first-order chi connectivity index (χ1) is 16.3. The molecule has 2 atom stereocenters. The third kappa shape index (κ3) is 4.73. The van der Waals surface area contributed by atoms with E-state index in [1.807, 2.05) is 29.8 Å². The summed E-state index contributed by atoms with van der Waals surface area (Å²) in [5, 5.41) is 22.9. The van der Waals surface area contributed by atoms with Gasteiger partial charge in [-0.25, -0.2) is 14.2 Å². The molecule has 0 aliphatic heterocycles. The van der Waals surface area contributed by atoms with Gasteiger partial charge in [0.15, 0.2) is 11.6 Å². The molecule has 180 valence electrons.